The van der Waals surface area contributed by atoms with Crippen LogP contribution in [0.4, 0.5) is 5.69 Å². The number of hydrogen-bond donors (Lipinski definition) is 0. The summed E-state index contributed by atoms with van der Waals surface area (Å²) in [5, 5.41) is 0. The molecule has 0 bridgehead atoms. The van der Waals surface area contributed by atoms with E-state index in [4.69, 9.17) is 16.3 Å². The Morgan fingerprint density at radius 2 is 2.17 bits per heavy atom. The maximum Gasteiger partial charge on any atom is 0.235 e. The van der Waals surface area contributed by atoms with Crippen molar-refractivity contribution in [2.45, 2.75) is 6.92 Å². The van der Waals surface area contributed by atoms with Crippen molar-refractivity contribution in [3.63, 3.8) is 0 Å². The average molecular weight is 290 g/mol. The minimum Gasteiger partial charge on any atom is -0.489 e. The standard InChI is InChI=1S/C12H16ClNO3S/c1-10(8-13)9-18(15,16)14-6-7-17-12-5-3-2-4-11(12)14/h2-5,10H,6-9H2,1H3. The number of ether oxygens (including phenoxy) is 1. The fraction of sp³-hybridized carbons (Fsp3) is 0.500. The molecule has 0 radical (unpaired) electrons. The molecule has 1 aliphatic heterocycles. The summed E-state index contributed by atoms with van der Waals surface area (Å²) in [5.41, 5.74) is 0.616. The molecule has 18 heavy (non-hydrogen) atoms. The number of alkyl halides is 1. The number of nitrogens with zero attached hydrogens (tertiary/aromatic N) is 1. The smallest absolute Gasteiger partial charge is 0.235 e. The van der Waals surface area contributed by atoms with Crippen molar-refractivity contribution in [2.24, 2.45) is 5.92 Å². The van der Waals surface area contributed by atoms with E-state index in [1.807, 2.05) is 13.0 Å². The van der Waals surface area contributed by atoms with E-state index in [2.05, 4.69) is 0 Å². The third kappa shape index (κ3) is 2.72. The van der Waals surface area contributed by atoms with E-state index >= 15 is 0 Å². The summed E-state index contributed by atoms with van der Waals surface area (Å²) in [6, 6.07) is 7.18. The Kier molecular flexibility index (Phi) is 4.02. The van der Waals surface area contributed by atoms with Gasteiger partial charge in [-0.3, -0.25) is 4.31 Å². The highest BCUT2D eigenvalue weighted by Crippen LogP contribution is 2.33. The van der Waals surface area contributed by atoms with Crippen LogP contribution in [0.1, 0.15) is 6.92 Å². The van der Waals surface area contributed by atoms with Gasteiger partial charge >= 0.3 is 0 Å². The fourth-order valence-electron chi connectivity index (χ4n) is 1.93. The Bertz CT molecular complexity index is 518. The molecule has 2 rings (SSSR count). The van der Waals surface area contributed by atoms with Crippen LogP contribution in [0.25, 0.3) is 0 Å². The SMILES string of the molecule is CC(CCl)CS(=O)(=O)N1CCOc2ccccc21. The second-order valence-electron chi connectivity index (χ2n) is 4.43. The molecule has 0 spiro atoms. The third-order valence-corrected chi connectivity index (χ3v) is 5.35. The van der Waals surface area contributed by atoms with E-state index in [0.717, 1.165) is 0 Å². The molecule has 0 saturated heterocycles. The van der Waals surface area contributed by atoms with Crippen LogP contribution in [0.5, 0.6) is 5.75 Å². The molecule has 1 unspecified atom stereocenters. The molecule has 1 aliphatic rings. The number of anilines is 1. The zero-order valence-corrected chi connectivity index (χ0v) is 11.7. The minimum absolute atomic E-state index is 0.0604. The number of halogens is 1. The van der Waals surface area contributed by atoms with Crippen LogP contribution in [0.2, 0.25) is 0 Å². The monoisotopic (exact) mass is 289 g/mol. The molecule has 6 heteroatoms. The zero-order chi connectivity index (χ0) is 13.2. The predicted molar refractivity (Wildman–Crippen MR) is 73.0 cm³/mol. The molecule has 1 heterocycles. The van der Waals surface area contributed by atoms with Gasteiger partial charge in [-0.15, -0.1) is 11.6 Å². The van der Waals surface area contributed by atoms with Crippen molar-refractivity contribution in [1.29, 1.82) is 0 Å². The van der Waals surface area contributed by atoms with E-state index < -0.39 is 10.0 Å². The quantitative estimate of drug-likeness (QED) is 0.798. The number of rotatable bonds is 4. The fourth-order valence-corrected chi connectivity index (χ4v) is 3.99. The van der Waals surface area contributed by atoms with E-state index in [0.29, 0.717) is 30.5 Å². The lowest BCUT2D eigenvalue weighted by Gasteiger charge is -2.31. The summed E-state index contributed by atoms with van der Waals surface area (Å²) in [6.45, 7) is 2.57. The normalized spacial score (nSPS) is 16.9. The van der Waals surface area contributed by atoms with Crippen molar-refractivity contribution in [3.05, 3.63) is 24.3 Å². The summed E-state index contributed by atoms with van der Waals surface area (Å²) < 4.78 is 31.5. The van der Waals surface area contributed by atoms with Gasteiger partial charge in [-0.2, -0.15) is 0 Å². The van der Waals surface area contributed by atoms with Crippen LogP contribution in [0.15, 0.2) is 24.3 Å². The maximum absolute atomic E-state index is 12.3. The number of para-hydroxylation sites is 2. The first-order valence-electron chi connectivity index (χ1n) is 5.83. The molecule has 100 valence electrons. The molecule has 4 nitrogen and oxygen atoms in total. The van der Waals surface area contributed by atoms with Crippen LogP contribution < -0.4 is 9.04 Å². The molecular weight excluding hydrogens is 274 g/mol. The van der Waals surface area contributed by atoms with E-state index in [-0.39, 0.29) is 11.7 Å². The van der Waals surface area contributed by atoms with Crippen LogP contribution in [0.3, 0.4) is 0 Å². The number of fused-ring (bicyclic) bond motifs is 1. The van der Waals surface area contributed by atoms with Gasteiger partial charge < -0.3 is 4.74 Å². The van der Waals surface area contributed by atoms with E-state index in [1.165, 1.54) is 4.31 Å². The predicted octanol–water partition coefficient (Wildman–Crippen LogP) is 2.09. The first kappa shape index (κ1) is 13.5. The molecule has 1 aromatic rings. The van der Waals surface area contributed by atoms with Gasteiger partial charge in [-0.1, -0.05) is 19.1 Å². The molecule has 0 amide bonds. The highest BCUT2D eigenvalue weighted by atomic mass is 35.5. The molecule has 0 aliphatic carbocycles. The topological polar surface area (TPSA) is 46.6 Å². The number of hydrogen-bond acceptors (Lipinski definition) is 3. The third-order valence-electron chi connectivity index (χ3n) is 2.78. The Balaban J connectivity index is 2.30. The Morgan fingerprint density at radius 1 is 1.44 bits per heavy atom. The van der Waals surface area contributed by atoms with Crippen molar-refractivity contribution >= 4 is 27.3 Å². The van der Waals surface area contributed by atoms with E-state index in [9.17, 15) is 8.42 Å². The van der Waals surface area contributed by atoms with Gasteiger partial charge in [0.2, 0.25) is 10.0 Å². The lowest BCUT2D eigenvalue weighted by Crippen LogP contribution is -2.40. The van der Waals surface area contributed by atoms with Crippen LogP contribution in [-0.2, 0) is 10.0 Å². The van der Waals surface area contributed by atoms with Gasteiger partial charge in [-0.05, 0) is 18.1 Å². The van der Waals surface area contributed by atoms with Crippen molar-refractivity contribution in [2.75, 3.05) is 29.1 Å². The van der Waals surface area contributed by atoms with Gasteiger partial charge in [0.1, 0.15) is 12.4 Å². The summed E-state index contributed by atoms with van der Waals surface area (Å²) in [5.74, 6) is 0.952. The highest BCUT2D eigenvalue weighted by molar-refractivity contribution is 7.92. The van der Waals surface area contributed by atoms with E-state index in [1.54, 1.807) is 18.2 Å². The molecule has 1 aromatic carbocycles. The highest BCUT2D eigenvalue weighted by Gasteiger charge is 2.29. The van der Waals surface area contributed by atoms with Crippen molar-refractivity contribution < 1.29 is 13.2 Å². The van der Waals surface area contributed by atoms with Gasteiger partial charge in [0.05, 0.1) is 18.0 Å². The second kappa shape index (κ2) is 5.36. The van der Waals surface area contributed by atoms with Gasteiger partial charge in [0.15, 0.2) is 0 Å². The van der Waals surface area contributed by atoms with Crippen molar-refractivity contribution in [3.8, 4) is 5.75 Å². The molecular formula is C12H16ClNO3S. The summed E-state index contributed by atoms with van der Waals surface area (Å²) in [4.78, 5) is 0. The largest absolute Gasteiger partial charge is 0.489 e. The summed E-state index contributed by atoms with van der Waals surface area (Å²) in [7, 11) is -3.34. The molecule has 0 fully saturated rings. The zero-order valence-electron chi connectivity index (χ0n) is 10.2. The second-order valence-corrected chi connectivity index (χ2v) is 6.67. The summed E-state index contributed by atoms with van der Waals surface area (Å²) >= 11 is 5.69. The first-order chi connectivity index (χ1) is 8.54. The van der Waals surface area contributed by atoms with Crippen LogP contribution >= 0.6 is 11.6 Å². The van der Waals surface area contributed by atoms with Gasteiger partial charge in [0, 0.05) is 5.88 Å². The molecule has 0 saturated carbocycles. The Hall–Kier alpha value is -0.940. The number of benzene rings is 1. The van der Waals surface area contributed by atoms with Crippen molar-refractivity contribution in [1.82, 2.24) is 0 Å². The van der Waals surface area contributed by atoms with Gasteiger partial charge in [-0.25, -0.2) is 8.42 Å². The Morgan fingerprint density at radius 3 is 2.89 bits per heavy atom. The molecule has 0 aromatic heterocycles. The number of sulfonamides is 1. The maximum atomic E-state index is 12.3. The molecule has 1 atom stereocenters. The first-order valence-corrected chi connectivity index (χ1v) is 7.97. The minimum atomic E-state index is -3.34. The average Bonchev–Trinajstić information content (AvgIpc) is 2.37. The lowest BCUT2D eigenvalue weighted by molar-refractivity contribution is 0.315. The van der Waals surface area contributed by atoms with Crippen LogP contribution in [0, 0.1) is 5.92 Å². The lowest BCUT2D eigenvalue weighted by atomic mass is 10.2. The van der Waals surface area contributed by atoms with Gasteiger partial charge in [0.25, 0.3) is 0 Å². The summed E-state index contributed by atoms with van der Waals surface area (Å²) in [6.07, 6.45) is 0. The molecule has 0 N–H and O–H groups in total. The Labute approximate surface area is 113 Å². The van der Waals surface area contributed by atoms with Crippen LogP contribution in [-0.4, -0.2) is 33.2 Å².